The first-order chi connectivity index (χ1) is 12.7. The van der Waals surface area contributed by atoms with E-state index in [4.69, 9.17) is 9.47 Å². The maximum absolute atomic E-state index is 13.0. The highest BCUT2D eigenvalue weighted by molar-refractivity contribution is 6.32. The van der Waals surface area contributed by atoms with Crippen molar-refractivity contribution in [3.05, 3.63) is 59.7 Å². The van der Waals surface area contributed by atoms with Gasteiger partial charge in [0.1, 0.15) is 11.5 Å². The van der Waals surface area contributed by atoms with Crippen molar-refractivity contribution < 1.29 is 14.3 Å². The fraction of sp³-hybridized carbons (Fsp3) is 0.238. The van der Waals surface area contributed by atoms with Gasteiger partial charge in [0.15, 0.2) is 0 Å². The van der Waals surface area contributed by atoms with Gasteiger partial charge in [0, 0.05) is 11.6 Å². The van der Waals surface area contributed by atoms with E-state index >= 15 is 0 Å². The van der Waals surface area contributed by atoms with Crippen LogP contribution < -0.4 is 14.5 Å². The molecule has 0 aromatic heterocycles. The molecule has 0 saturated carbocycles. The van der Waals surface area contributed by atoms with Crippen molar-refractivity contribution in [1.82, 2.24) is 0 Å². The molecule has 0 saturated heterocycles. The number of hydrogen-bond donors (Lipinski definition) is 0. The third kappa shape index (κ3) is 3.47. The second-order valence-electron chi connectivity index (χ2n) is 5.92. The Bertz CT molecular complexity index is 857. The third-order valence-electron chi connectivity index (χ3n) is 4.18. The topological polar surface area (TPSA) is 51.1 Å². The van der Waals surface area contributed by atoms with Gasteiger partial charge in [-0.05, 0) is 36.8 Å². The molecule has 2 aromatic carbocycles. The van der Waals surface area contributed by atoms with Gasteiger partial charge in [0.25, 0.3) is 5.91 Å². The first-order valence-corrected chi connectivity index (χ1v) is 8.59. The first-order valence-electron chi connectivity index (χ1n) is 8.59. The van der Waals surface area contributed by atoms with Crippen LogP contribution in [0.15, 0.2) is 59.2 Å². The Balaban J connectivity index is 2.02. The summed E-state index contributed by atoms with van der Waals surface area (Å²) < 4.78 is 10.7. The molecule has 1 amide bonds. The lowest BCUT2D eigenvalue weighted by Gasteiger charge is -2.11. The molecular formula is C21H22N2O3. The van der Waals surface area contributed by atoms with Crippen LogP contribution >= 0.6 is 0 Å². The average molecular weight is 350 g/mol. The Morgan fingerprint density at radius 3 is 2.50 bits per heavy atom. The molecule has 0 atom stereocenters. The number of ether oxygens (including phenoxy) is 2. The minimum absolute atomic E-state index is 0.127. The molecule has 1 heterocycles. The monoisotopic (exact) mass is 350 g/mol. The predicted molar refractivity (Wildman–Crippen MR) is 104 cm³/mol. The minimum atomic E-state index is -0.127. The van der Waals surface area contributed by atoms with Crippen LogP contribution in [0.1, 0.15) is 25.3 Å². The van der Waals surface area contributed by atoms with E-state index in [0.29, 0.717) is 17.1 Å². The maximum atomic E-state index is 13.0. The number of nitrogens with zero attached hydrogens (tertiary/aromatic N) is 2. The van der Waals surface area contributed by atoms with Gasteiger partial charge in [-0.25, -0.2) is 0 Å². The second kappa shape index (κ2) is 7.87. The zero-order valence-electron chi connectivity index (χ0n) is 15.2. The Kier molecular flexibility index (Phi) is 5.37. The number of rotatable bonds is 6. The summed E-state index contributed by atoms with van der Waals surface area (Å²) in [7, 11) is 3.21. The summed E-state index contributed by atoms with van der Waals surface area (Å²) >= 11 is 0. The molecule has 5 heteroatoms. The lowest BCUT2D eigenvalue weighted by atomic mass is 10.0. The quantitative estimate of drug-likeness (QED) is 0.730. The van der Waals surface area contributed by atoms with E-state index < -0.39 is 0 Å². The SMILES string of the molecule is CCCC1=NN(c2ccccc2)C(=O)C1=Cc1ccc(OC)cc1OC. The molecule has 0 radical (unpaired) electrons. The third-order valence-corrected chi connectivity index (χ3v) is 4.18. The fourth-order valence-corrected chi connectivity index (χ4v) is 2.86. The van der Waals surface area contributed by atoms with E-state index in [1.807, 2.05) is 48.5 Å². The Morgan fingerprint density at radius 1 is 1.08 bits per heavy atom. The fourth-order valence-electron chi connectivity index (χ4n) is 2.86. The summed E-state index contributed by atoms with van der Waals surface area (Å²) in [4.78, 5) is 13.0. The van der Waals surface area contributed by atoms with Crippen LogP contribution in [0.25, 0.3) is 6.08 Å². The number of hydrogen-bond acceptors (Lipinski definition) is 4. The number of carbonyl (C=O) groups is 1. The van der Waals surface area contributed by atoms with Gasteiger partial charge in [0.2, 0.25) is 0 Å². The van der Waals surface area contributed by atoms with Crippen LogP contribution in [0.3, 0.4) is 0 Å². The van der Waals surface area contributed by atoms with E-state index in [-0.39, 0.29) is 5.91 Å². The first kappa shape index (κ1) is 17.7. The van der Waals surface area contributed by atoms with Gasteiger partial charge in [-0.2, -0.15) is 10.1 Å². The number of carbonyl (C=O) groups excluding carboxylic acids is 1. The highest BCUT2D eigenvalue weighted by Gasteiger charge is 2.30. The van der Waals surface area contributed by atoms with Crippen molar-refractivity contribution in [3.63, 3.8) is 0 Å². The zero-order chi connectivity index (χ0) is 18.5. The average Bonchev–Trinajstić information content (AvgIpc) is 2.99. The molecule has 0 fully saturated rings. The summed E-state index contributed by atoms with van der Waals surface area (Å²) in [6, 6.07) is 15.0. The van der Waals surface area contributed by atoms with Gasteiger partial charge in [-0.3, -0.25) is 4.79 Å². The lowest BCUT2D eigenvalue weighted by molar-refractivity contribution is -0.114. The molecule has 26 heavy (non-hydrogen) atoms. The highest BCUT2D eigenvalue weighted by atomic mass is 16.5. The molecule has 0 unspecified atom stereocenters. The molecule has 0 bridgehead atoms. The minimum Gasteiger partial charge on any atom is -0.497 e. The molecule has 0 aliphatic carbocycles. The van der Waals surface area contributed by atoms with E-state index in [1.54, 1.807) is 20.3 Å². The lowest BCUT2D eigenvalue weighted by Crippen LogP contribution is -2.21. The van der Waals surface area contributed by atoms with Crippen molar-refractivity contribution in [3.8, 4) is 11.5 Å². The van der Waals surface area contributed by atoms with E-state index in [1.165, 1.54) is 5.01 Å². The van der Waals surface area contributed by atoms with Gasteiger partial charge in [0.05, 0.1) is 31.2 Å². The van der Waals surface area contributed by atoms with E-state index in [9.17, 15) is 4.79 Å². The van der Waals surface area contributed by atoms with Gasteiger partial charge in [-0.15, -0.1) is 0 Å². The van der Waals surface area contributed by atoms with E-state index in [0.717, 1.165) is 29.8 Å². The van der Waals surface area contributed by atoms with Gasteiger partial charge in [-0.1, -0.05) is 31.5 Å². The Labute approximate surface area is 153 Å². The Hall–Kier alpha value is -3.08. The number of hydrazone groups is 1. The largest absolute Gasteiger partial charge is 0.497 e. The highest BCUT2D eigenvalue weighted by Crippen LogP contribution is 2.30. The van der Waals surface area contributed by atoms with Gasteiger partial charge >= 0.3 is 0 Å². The number of para-hydroxylation sites is 1. The molecule has 134 valence electrons. The van der Waals surface area contributed by atoms with Crippen molar-refractivity contribution >= 4 is 23.4 Å². The molecule has 2 aromatic rings. The van der Waals surface area contributed by atoms with Crippen LogP contribution in [-0.4, -0.2) is 25.8 Å². The smallest absolute Gasteiger partial charge is 0.280 e. The normalized spacial score (nSPS) is 15.3. The molecule has 0 spiro atoms. The summed E-state index contributed by atoms with van der Waals surface area (Å²) in [5.74, 6) is 1.23. The van der Waals surface area contributed by atoms with Crippen LogP contribution in [0.4, 0.5) is 5.69 Å². The van der Waals surface area contributed by atoms with Crippen LogP contribution in [0.5, 0.6) is 11.5 Å². The van der Waals surface area contributed by atoms with Crippen molar-refractivity contribution in [2.75, 3.05) is 19.2 Å². The second-order valence-corrected chi connectivity index (χ2v) is 5.92. The molecule has 0 N–H and O–H groups in total. The number of amides is 1. The van der Waals surface area contributed by atoms with Crippen molar-refractivity contribution in [1.29, 1.82) is 0 Å². The number of benzene rings is 2. The standard InChI is InChI=1S/C21H22N2O3/c1-4-8-19-18(13-15-11-12-17(25-2)14-20(15)26-3)21(24)23(22-19)16-9-6-5-7-10-16/h5-7,9-14H,4,8H2,1-3H3. The molecule has 1 aliphatic rings. The van der Waals surface area contributed by atoms with Crippen molar-refractivity contribution in [2.24, 2.45) is 5.10 Å². The summed E-state index contributed by atoms with van der Waals surface area (Å²) in [5.41, 5.74) is 2.96. The van der Waals surface area contributed by atoms with E-state index in [2.05, 4.69) is 12.0 Å². The molecule has 1 aliphatic heterocycles. The maximum Gasteiger partial charge on any atom is 0.280 e. The van der Waals surface area contributed by atoms with Crippen LogP contribution in [-0.2, 0) is 4.79 Å². The Morgan fingerprint density at radius 2 is 1.85 bits per heavy atom. The molecule has 3 rings (SSSR count). The predicted octanol–water partition coefficient (Wildman–Crippen LogP) is 4.29. The summed E-state index contributed by atoms with van der Waals surface area (Å²) in [6.45, 7) is 2.07. The molecule has 5 nitrogen and oxygen atoms in total. The number of anilines is 1. The zero-order valence-corrected chi connectivity index (χ0v) is 15.2. The molecular weight excluding hydrogens is 328 g/mol. The number of methoxy groups -OCH3 is 2. The van der Waals surface area contributed by atoms with Gasteiger partial charge < -0.3 is 9.47 Å². The van der Waals surface area contributed by atoms with Crippen LogP contribution in [0, 0.1) is 0 Å². The van der Waals surface area contributed by atoms with Crippen LogP contribution in [0.2, 0.25) is 0 Å². The summed E-state index contributed by atoms with van der Waals surface area (Å²) in [5, 5.41) is 6.03. The summed E-state index contributed by atoms with van der Waals surface area (Å²) in [6.07, 6.45) is 3.49. The van der Waals surface area contributed by atoms with Crippen molar-refractivity contribution in [2.45, 2.75) is 19.8 Å².